The first-order valence-corrected chi connectivity index (χ1v) is 16.8. The van der Waals surface area contributed by atoms with Crippen molar-refractivity contribution >= 4 is 68.1 Å². The molecule has 244 valence electrons. The van der Waals surface area contributed by atoms with Crippen LogP contribution < -0.4 is 10.0 Å². The minimum Gasteiger partial charge on any atom is -0.342 e. The van der Waals surface area contributed by atoms with E-state index in [4.69, 9.17) is 11.6 Å². The van der Waals surface area contributed by atoms with Crippen LogP contribution in [0.1, 0.15) is 11.1 Å². The fraction of sp³-hybridized carbons (Fsp3) is 0.0909. The Hall–Kier alpha value is -5.31. The number of hydrogen-bond donors (Lipinski definition) is 2. The van der Waals surface area contributed by atoms with Gasteiger partial charge in [-0.05, 0) is 52.2 Å². The molecule has 4 aromatic rings. The maximum absolute atomic E-state index is 13.3. The lowest BCUT2D eigenvalue weighted by atomic mass is 10.0. The van der Waals surface area contributed by atoms with E-state index >= 15 is 0 Å². The molecule has 0 bridgehead atoms. The molecule has 0 saturated carbocycles. The number of halogens is 1. The van der Waals surface area contributed by atoms with E-state index in [0.717, 1.165) is 28.2 Å². The van der Waals surface area contributed by atoms with Crippen molar-refractivity contribution in [2.24, 2.45) is 0 Å². The van der Waals surface area contributed by atoms with Gasteiger partial charge >= 0.3 is 0 Å². The molecule has 0 aromatic heterocycles. The van der Waals surface area contributed by atoms with Crippen LogP contribution in [0.3, 0.4) is 0 Å². The van der Waals surface area contributed by atoms with Crippen LogP contribution in [-0.4, -0.2) is 53.8 Å². The number of hydrogen-bond acceptors (Lipinski definition) is 9. The number of amides is 4. The number of nitrogens with one attached hydrogen (secondary N) is 2. The highest BCUT2D eigenvalue weighted by Gasteiger charge is 2.37. The van der Waals surface area contributed by atoms with Gasteiger partial charge in [-0.15, -0.1) is 0 Å². The molecule has 1 aliphatic heterocycles. The van der Waals surface area contributed by atoms with E-state index in [1.165, 1.54) is 6.08 Å². The van der Waals surface area contributed by atoms with Crippen molar-refractivity contribution in [2.45, 2.75) is 17.4 Å². The van der Waals surface area contributed by atoms with E-state index in [9.17, 15) is 37.7 Å². The van der Waals surface area contributed by atoms with Crippen molar-refractivity contribution in [1.29, 1.82) is 0 Å². The Morgan fingerprint density at radius 1 is 0.917 bits per heavy atom. The molecule has 4 aromatic carbocycles. The standard InChI is InChI=1S/C33H25ClN4O8S2/c34-26-16-15-25(19-28(26)38(43)44)48(45,46)36-31(40)27(17-21-7-3-1-4-8-21)35-30(39)20-37-32(41)29(47-33(37)42)18-22-11-13-24(14-12-22)23-9-5-2-6-10-23/h1-16,18-19,27H,17,20H2,(H,35,39)(H,36,40)/t27-/m0/s1. The lowest BCUT2D eigenvalue weighted by molar-refractivity contribution is -0.384. The summed E-state index contributed by atoms with van der Waals surface area (Å²) < 4.78 is 27.8. The average molecular weight is 705 g/mol. The molecule has 2 N–H and O–H groups in total. The molecule has 0 unspecified atom stereocenters. The summed E-state index contributed by atoms with van der Waals surface area (Å²) in [5.74, 6) is -2.76. The number of imide groups is 1. The van der Waals surface area contributed by atoms with E-state index in [1.54, 1.807) is 42.5 Å². The second kappa shape index (κ2) is 14.6. The van der Waals surface area contributed by atoms with E-state index in [-0.39, 0.29) is 16.3 Å². The van der Waals surface area contributed by atoms with Gasteiger partial charge in [-0.2, -0.15) is 0 Å². The van der Waals surface area contributed by atoms with Crippen molar-refractivity contribution in [3.63, 3.8) is 0 Å². The first-order valence-electron chi connectivity index (χ1n) is 14.2. The fourth-order valence-corrected chi connectivity index (χ4v) is 6.76. The maximum Gasteiger partial charge on any atom is 0.294 e. The zero-order chi connectivity index (χ0) is 34.4. The summed E-state index contributed by atoms with van der Waals surface area (Å²) in [5, 5.41) is 12.7. The van der Waals surface area contributed by atoms with Crippen molar-refractivity contribution in [1.82, 2.24) is 14.9 Å². The van der Waals surface area contributed by atoms with Gasteiger partial charge in [0.15, 0.2) is 0 Å². The summed E-state index contributed by atoms with van der Waals surface area (Å²) in [5.41, 5.74) is 2.52. The van der Waals surface area contributed by atoms with Crippen molar-refractivity contribution in [3.05, 3.63) is 134 Å². The first kappa shape index (κ1) is 34.0. The Balaban J connectivity index is 1.29. The van der Waals surface area contributed by atoms with E-state index in [0.29, 0.717) is 29.0 Å². The van der Waals surface area contributed by atoms with Crippen molar-refractivity contribution in [2.75, 3.05) is 6.54 Å². The summed E-state index contributed by atoms with van der Waals surface area (Å²) in [4.78, 5) is 62.9. The number of sulfonamides is 1. The number of rotatable bonds is 11. The lowest BCUT2D eigenvalue weighted by Crippen LogP contribution is -2.52. The molecule has 1 fully saturated rings. The topological polar surface area (TPSA) is 173 Å². The molecule has 1 heterocycles. The molecule has 0 spiro atoms. The zero-order valence-corrected chi connectivity index (χ0v) is 27.1. The zero-order valence-electron chi connectivity index (χ0n) is 24.7. The number of nitro groups is 1. The van der Waals surface area contributed by atoms with Crippen LogP contribution in [0.4, 0.5) is 10.5 Å². The highest BCUT2D eigenvalue weighted by molar-refractivity contribution is 8.18. The smallest absolute Gasteiger partial charge is 0.294 e. The van der Waals surface area contributed by atoms with E-state index < -0.39 is 61.1 Å². The number of thioether (sulfide) groups is 1. The summed E-state index contributed by atoms with van der Waals surface area (Å²) >= 11 is 6.44. The largest absolute Gasteiger partial charge is 0.342 e. The van der Waals surface area contributed by atoms with Crippen molar-refractivity contribution < 1.29 is 32.5 Å². The molecule has 12 nitrogen and oxygen atoms in total. The Morgan fingerprint density at radius 3 is 2.19 bits per heavy atom. The van der Waals surface area contributed by atoms with Gasteiger partial charge in [0.25, 0.3) is 32.8 Å². The summed E-state index contributed by atoms with van der Waals surface area (Å²) in [6, 6.07) is 26.6. The van der Waals surface area contributed by atoms with Gasteiger partial charge in [-0.3, -0.25) is 34.2 Å². The fourth-order valence-electron chi connectivity index (χ4n) is 4.69. The predicted octanol–water partition coefficient (Wildman–Crippen LogP) is 5.18. The number of nitro benzene ring substituents is 1. The highest BCUT2D eigenvalue weighted by Crippen LogP contribution is 2.32. The molecule has 48 heavy (non-hydrogen) atoms. The molecule has 0 radical (unpaired) electrons. The number of carbonyl (C=O) groups is 4. The second-order valence-corrected chi connectivity index (χ2v) is 13.5. The highest BCUT2D eigenvalue weighted by atomic mass is 35.5. The Labute approximate surface area is 284 Å². The minimum absolute atomic E-state index is 0.0991. The molecular weight excluding hydrogens is 680 g/mol. The lowest BCUT2D eigenvalue weighted by Gasteiger charge is -2.20. The molecule has 5 rings (SSSR count). The summed E-state index contributed by atoms with van der Waals surface area (Å²) in [7, 11) is -4.64. The molecule has 1 atom stereocenters. The first-order chi connectivity index (χ1) is 22.9. The van der Waals surface area contributed by atoms with Gasteiger partial charge in [0.05, 0.1) is 14.7 Å². The SMILES string of the molecule is O=C(CN1C(=O)SC(=Cc2ccc(-c3ccccc3)cc2)C1=O)N[C@@H](Cc1ccccc1)C(=O)NS(=O)(=O)c1ccc(Cl)c([N+](=O)[O-])c1. The number of carbonyl (C=O) groups excluding carboxylic acids is 4. The summed E-state index contributed by atoms with van der Waals surface area (Å²) in [6.07, 6.45) is 1.38. The van der Waals surface area contributed by atoms with Crippen molar-refractivity contribution in [3.8, 4) is 11.1 Å². The number of benzene rings is 4. The van der Waals surface area contributed by atoms with Gasteiger partial charge in [-0.25, -0.2) is 13.1 Å². The Bertz CT molecular complexity index is 2040. The second-order valence-electron chi connectivity index (χ2n) is 10.4. The molecule has 1 saturated heterocycles. The molecule has 4 amide bonds. The predicted molar refractivity (Wildman–Crippen MR) is 180 cm³/mol. The summed E-state index contributed by atoms with van der Waals surface area (Å²) in [6.45, 7) is -0.732. The molecule has 0 aliphatic carbocycles. The molecular formula is C33H25ClN4O8S2. The van der Waals surface area contributed by atoms with Gasteiger partial charge in [0.2, 0.25) is 5.91 Å². The molecule has 15 heteroatoms. The monoisotopic (exact) mass is 704 g/mol. The van der Waals surface area contributed by atoms with Crippen LogP contribution in [0.25, 0.3) is 17.2 Å². The minimum atomic E-state index is -4.64. The van der Waals surface area contributed by atoms with Crippen LogP contribution in [0.5, 0.6) is 0 Å². The third-order valence-corrected chi connectivity index (χ3v) is 9.66. The van der Waals surface area contributed by atoms with E-state index in [2.05, 4.69) is 5.32 Å². The Kier molecular flexibility index (Phi) is 10.4. The van der Waals surface area contributed by atoms with Crippen LogP contribution in [0, 0.1) is 10.1 Å². The Morgan fingerprint density at radius 2 is 1.54 bits per heavy atom. The third kappa shape index (κ3) is 8.15. The van der Waals surface area contributed by atoms with Crippen LogP contribution in [-0.2, 0) is 30.8 Å². The number of nitrogens with zero attached hydrogens (tertiary/aromatic N) is 2. The quantitative estimate of drug-likeness (QED) is 0.121. The third-order valence-electron chi connectivity index (χ3n) is 7.08. The average Bonchev–Trinajstić information content (AvgIpc) is 3.32. The van der Waals surface area contributed by atoms with Gasteiger partial charge in [-0.1, -0.05) is 96.5 Å². The van der Waals surface area contributed by atoms with Crippen LogP contribution >= 0.6 is 23.4 Å². The van der Waals surface area contributed by atoms with Gasteiger partial charge < -0.3 is 5.32 Å². The molecule has 1 aliphatic rings. The van der Waals surface area contributed by atoms with Crippen LogP contribution in [0.2, 0.25) is 5.02 Å². The van der Waals surface area contributed by atoms with Crippen LogP contribution in [0.15, 0.2) is 113 Å². The van der Waals surface area contributed by atoms with Gasteiger partial charge in [0, 0.05) is 12.5 Å². The normalized spacial score (nSPS) is 14.5. The maximum atomic E-state index is 13.3. The van der Waals surface area contributed by atoms with E-state index in [1.807, 2.05) is 47.2 Å². The van der Waals surface area contributed by atoms with Gasteiger partial charge in [0.1, 0.15) is 17.6 Å².